The van der Waals surface area contributed by atoms with Gasteiger partial charge in [0.2, 0.25) is 10.0 Å². The fourth-order valence-corrected chi connectivity index (χ4v) is 3.96. The van der Waals surface area contributed by atoms with Gasteiger partial charge in [0.1, 0.15) is 10.7 Å². The van der Waals surface area contributed by atoms with Crippen LogP contribution in [-0.4, -0.2) is 50.6 Å². The summed E-state index contributed by atoms with van der Waals surface area (Å²) in [5.74, 6) is 0.492. The summed E-state index contributed by atoms with van der Waals surface area (Å²) in [5, 5.41) is 3.28. The van der Waals surface area contributed by atoms with Gasteiger partial charge < -0.3 is 10.1 Å². The summed E-state index contributed by atoms with van der Waals surface area (Å²) in [6.45, 7) is 3.76. The quantitative estimate of drug-likeness (QED) is 0.892. The maximum absolute atomic E-state index is 12.6. The van der Waals surface area contributed by atoms with Gasteiger partial charge in [0.05, 0.1) is 5.02 Å². The molecule has 1 aliphatic rings. The maximum atomic E-state index is 12.6. The summed E-state index contributed by atoms with van der Waals surface area (Å²) in [6.07, 6.45) is 2.74. The Morgan fingerprint density at radius 2 is 2.14 bits per heavy atom. The Labute approximate surface area is 130 Å². The second-order valence-electron chi connectivity index (χ2n) is 4.90. The number of aromatic nitrogens is 1. The maximum Gasteiger partial charge on any atom is 0.244 e. The molecule has 2 heterocycles. The summed E-state index contributed by atoms with van der Waals surface area (Å²) in [4.78, 5) is 4.20. The van der Waals surface area contributed by atoms with Crippen LogP contribution in [0.4, 0.5) is 5.82 Å². The van der Waals surface area contributed by atoms with Crippen LogP contribution < -0.4 is 5.32 Å². The van der Waals surface area contributed by atoms with E-state index in [2.05, 4.69) is 10.3 Å². The molecule has 1 saturated heterocycles. The molecule has 118 valence electrons. The van der Waals surface area contributed by atoms with E-state index < -0.39 is 10.0 Å². The van der Waals surface area contributed by atoms with Crippen LogP contribution in [0.1, 0.15) is 19.8 Å². The molecule has 0 amide bonds. The van der Waals surface area contributed by atoms with Crippen molar-refractivity contribution in [3.05, 3.63) is 17.3 Å². The van der Waals surface area contributed by atoms with Gasteiger partial charge in [-0.3, -0.25) is 0 Å². The number of anilines is 1. The second kappa shape index (κ2) is 6.91. The van der Waals surface area contributed by atoms with E-state index in [4.69, 9.17) is 16.3 Å². The molecule has 2 rings (SSSR count). The molecule has 0 aromatic carbocycles. The lowest BCUT2D eigenvalue weighted by Crippen LogP contribution is -2.40. The minimum absolute atomic E-state index is 0.0454. The SMILES string of the molecule is CCNc1ncc(S(=O)(=O)N(C)C2CCOCC2)cc1Cl. The Morgan fingerprint density at radius 1 is 1.48 bits per heavy atom. The lowest BCUT2D eigenvalue weighted by atomic mass is 10.1. The summed E-state index contributed by atoms with van der Waals surface area (Å²) >= 11 is 6.08. The molecule has 0 atom stereocenters. The number of nitrogens with one attached hydrogen (secondary N) is 1. The van der Waals surface area contributed by atoms with Crippen molar-refractivity contribution in [3.63, 3.8) is 0 Å². The largest absolute Gasteiger partial charge is 0.381 e. The molecule has 0 saturated carbocycles. The molecule has 1 N–H and O–H groups in total. The van der Waals surface area contributed by atoms with Crippen molar-refractivity contribution in [2.24, 2.45) is 0 Å². The summed E-state index contributed by atoms with van der Waals surface area (Å²) in [6, 6.07) is 1.40. The lowest BCUT2D eigenvalue weighted by molar-refractivity contribution is 0.0632. The fourth-order valence-electron chi connectivity index (χ4n) is 2.27. The first kappa shape index (κ1) is 16.5. The van der Waals surface area contributed by atoms with Gasteiger partial charge in [-0.15, -0.1) is 0 Å². The molecule has 6 nitrogen and oxygen atoms in total. The summed E-state index contributed by atoms with van der Waals surface area (Å²) in [7, 11) is -2.00. The van der Waals surface area contributed by atoms with Crippen LogP contribution in [0.15, 0.2) is 17.2 Å². The molecule has 0 radical (unpaired) electrons. The molecular weight excluding hydrogens is 314 g/mol. The predicted octanol–water partition coefficient (Wildman–Crippen LogP) is 1.97. The van der Waals surface area contributed by atoms with Gasteiger partial charge in [-0.05, 0) is 25.8 Å². The highest BCUT2D eigenvalue weighted by Crippen LogP contribution is 2.26. The van der Waals surface area contributed by atoms with Gasteiger partial charge >= 0.3 is 0 Å². The van der Waals surface area contributed by atoms with Gasteiger partial charge in [-0.1, -0.05) is 11.6 Å². The van der Waals surface area contributed by atoms with Gasteiger partial charge in [0.15, 0.2) is 0 Å². The van der Waals surface area contributed by atoms with Crippen molar-refractivity contribution in [1.29, 1.82) is 0 Å². The standard InChI is InChI=1S/C13H20ClN3O3S/c1-3-15-13-12(14)8-11(9-16-13)21(18,19)17(2)10-4-6-20-7-5-10/h8-10H,3-7H2,1-2H3,(H,15,16). The zero-order valence-corrected chi connectivity index (χ0v) is 13.7. The third-order valence-corrected chi connectivity index (χ3v) is 5.71. The molecule has 0 spiro atoms. The Bertz CT molecular complexity index is 588. The molecule has 21 heavy (non-hydrogen) atoms. The van der Waals surface area contributed by atoms with Crippen LogP contribution in [0, 0.1) is 0 Å². The second-order valence-corrected chi connectivity index (χ2v) is 7.30. The average Bonchev–Trinajstić information content (AvgIpc) is 2.49. The van der Waals surface area contributed by atoms with E-state index in [1.54, 1.807) is 7.05 Å². The van der Waals surface area contributed by atoms with Crippen LogP contribution >= 0.6 is 11.6 Å². The zero-order chi connectivity index (χ0) is 15.5. The molecule has 0 aliphatic carbocycles. The highest BCUT2D eigenvalue weighted by molar-refractivity contribution is 7.89. The topological polar surface area (TPSA) is 71.5 Å². The van der Waals surface area contributed by atoms with Crippen molar-refractivity contribution in [2.45, 2.75) is 30.7 Å². The first-order valence-electron chi connectivity index (χ1n) is 6.92. The van der Waals surface area contributed by atoms with E-state index in [0.717, 1.165) is 0 Å². The first-order chi connectivity index (χ1) is 9.96. The Kier molecular flexibility index (Phi) is 5.43. The molecule has 0 bridgehead atoms. The first-order valence-corrected chi connectivity index (χ1v) is 8.73. The van der Waals surface area contributed by atoms with Crippen molar-refractivity contribution >= 4 is 27.4 Å². The summed E-state index contributed by atoms with van der Waals surface area (Å²) < 4.78 is 31.9. The number of hydrogen-bond donors (Lipinski definition) is 1. The smallest absolute Gasteiger partial charge is 0.244 e. The molecule has 8 heteroatoms. The van der Waals surface area contributed by atoms with Gasteiger partial charge in [0, 0.05) is 39.0 Å². The third kappa shape index (κ3) is 3.66. The van der Waals surface area contributed by atoms with Crippen LogP contribution in [-0.2, 0) is 14.8 Å². The fraction of sp³-hybridized carbons (Fsp3) is 0.615. The van der Waals surface area contributed by atoms with E-state index in [1.165, 1.54) is 16.6 Å². The molecule has 0 unspecified atom stereocenters. The van der Waals surface area contributed by atoms with Crippen molar-refractivity contribution in [1.82, 2.24) is 9.29 Å². The van der Waals surface area contributed by atoms with Crippen molar-refractivity contribution in [2.75, 3.05) is 32.1 Å². The normalized spacial score (nSPS) is 17.1. The summed E-state index contributed by atoms with van der Waals surface area (Å²) in [5.41, 5.74) is 0. The van der Waals surface area contributed by atoms with Crippen LogP contribution in [0.25, 0.3) is 0 Å². The van der Waals surface area contributed by atoms with E-state index in [9.17, 15) is 8.42 Å². The molecular formula is C13H20ClN3O3S. The Hall–Kier alpha value is -0.890. The third-order valence-electron chi connectivity index (χ3n) is 3.54. The highest BCUT2D eigenvalue weighted by Gasteiger charge is 2.30. The number of rotatable bonds is 5. The number of sulfonamides is 1. The average molecular weight is 334 g/mol. The van der Waals surface area contributed by atoms with E-state index in [-0.39, 0.29) is 10.9 Å². The molecule has 1 aromatic heterocycles. The van der Waals surface area contributed by atoms with Crippen molar-refractivity contribution in [3.8, 4) is 0 Å². The van der Waals surface area contributed by atoms with Crippen LogP contribution in [0.5, 0.6) is 0 Å². The molecule has 1 fully saturated rings. The van der Waals surface area contributed by atoms with Gasteiger partial charge in [-0.2, -0.15) is 4.31 Å². The van der Waals surface area contributed by atoms with Gasteiger partial charge in [0.25, 0.3) is 0 Å². The number of ether oxygens (including phenoxy) is 1. The number of halogens is 1. The van der Waals surface area contributed by atoms with E-state index in [1.807, 2.05) is 6.92 Å². The minimum Gasteiger partial charge on any atom is -0.381 e. The number of nitrogens with zero attached hydrogens (tertiary/aromatic N) is 2. The van der Waals surface area contributed by atoms with Crippen LogP contribution in [0.2, 0.25) is 5.02 Å². The Balaban J connectivity index is 2.24. The highest BCUT2D eigenvalue weighted by atomic mass is 35.5. The molecule has 1 aliphatic heterocycles. The van der Waals surface area contributed by atoms with E-state index in [0.29, 0.717) is 43.4 Å². The number of pyridine rings is 1. The molecule has 1 aromatic rings. The van der Waals surface area contributed by atoms with Crippen LogP contribution in [0.3, 0.4) is 0 Å². The zero-order valence-electron chi connectivity index (χ0n) is 12.2. The number of hydrogen-bond acceptors (Lipinski definition) is 5. The monoisotopic (exact) mass is 333 g/mol. The minimum atomic E-state index is -3.59. The van der Waals surface area contributed by atoms with E-state index >= 15 is 0 Å². The van der Waals surface area contributed by atoms with Crippen molar-refractivity contribution < 1.29 is 13.2 Å². The van der Waals surface area contributed by atoms with Gasteiger partial charge in [-0.25, -0.2) is 13.4 Å². The Morgan fingerprint density at radius 3 is 2.71 bits per heavy atom. The predicted molar refractivity (Wildman–Crippen MR) is 82.2 cm³/mol. The lowest BCUT2D eigenvalue weighted by Gasteiger charge is -2.30.